The molecule has 0 aliphatic carbocycles. The zero-order chi connectivity index (χ0) is 13.4. The summed E-state index contributed by atoms with van der Waals surface area (Å²) in [6.45, 7) is 0. The van der Waals surface area contributed by atoms with Gasteiger partial charge in [0.05, 0.1) is 0 Å². The van der Waals surface area contributed by atoms with Crippen LogP contribution in [0, 0.1) is 0 Å². The number of carbonyl (C=O) groups is 2. The van der Waals surface area contributed by atoms with Crippen molar-refractivity contribution < 1.29 is 72.9 Å². The van der Waals surface area contributed by atoms with Crippen molar-refractivity contribution in [3.8, 4) is 11.5 Å². The van der Waals surface area contributed by atoms with E-state index < -0.39 is 0 Å². The molecule has 2 aromatic rings. The minimum absolute atomic E-state index is 0. The van der Waals surface area contributed by atoms with Gasteiger partial charge in [-0.2, -0.15) is 0 Å². The predicted molar refractivity (Wildman–Crippen MR) is 69.8 cm³/mol. The van der Waals surface area contributed by atoms with Crippen molar-refractivity contribution in [2.24, 2.45) is 0 Å². The second kappa shape index (κ2) is 18.5. The summed E-state index contributed by atoms with van der Waals surface area (Å²) in [5.41, 5.74) is 0.440. The third-order valence-electron chi connectivity index (χ3n) is 2.09. The van der Waals surface area contributed by atoms with Gasteiger partial charge in [-0.25, -0.2) is 0 Å². The van der Waals surface area contributed by atoms with E-state index in [1.807, 2.05) is 0 Å². The van der Waals surface area contributed by atoms with E-state index in [9.17, 15) is 19.8 Å². The van der Waals surface area contributed by atoms with Crippen LogP contribution in [0.25, 0.3) is 0 Å². The maximum absolute atomic E-state index is 10.6. The summed E-state index contributed by atoms with van der Waals surface area (Å²) < 4.78 is 0. The number of aldehydes is 2. The number of halogens is 2. The molecule has 0 aliphatic rings. The van der Waals surface area contributed by atoms with Crippen molar-refractivity contribution in [1.29, 1.82) is 0 Å². The van der Waals surface area contributed by atoms with Crippen LogP contribution >= 0.6 is 0 Å². The molecule has 0 aliphatic heterocycles. The second-order valence-electron chi connectivity index (χ2n) is 3.31. The van der Waals surface area contributed by atoms with Crippen LogP contribution in [0.2, 0.25) is 0 Å². The van der Waals surface area contributed by atoms with E-state index in [0.717, 1.165) is 0 Å². The first kappa shape index (κ1) is 33.1. The number of benzene rings is 2. The fraction of sp³-hybridized carbons (Fsp3) is 0. The molecule has 23 heavy (non-hydrogen) atoms. The molecule has 0 fully saturated rings. The van der Waals surface area contributed by atoms with Crippen molar-refractivity contribution in [3.63, 3.8) is 0 Å². The Morgan fingerprint density at radius 1 is 0.652 bits per heavy atom. The smallest absolute Gasteiger partial charge is 1.00 e. The Labute approximate surface area is 156 Å². The topological polar surface area (TPSA) is 143 Å². The van der Waals surface area contributed by atoms with Crippen molar-refractivity contribution in [2.45, 2.75) is 0 Å². The molecule has 0 atom stereocenters. The molecule has 0 saturated carbocycles. The Bertz CT molecular complexity index is 505. The molecule has 9 heteroatoms. The van der Waals surface area contributed by atoms with Crippen LogP contribution in [0.15, 0.2) is 48.5 Å². The quantitative estimate of drug-likeness (QED) is 0.461. The molecule has 2 rings (SSSR count). The van der Waals surface area contributed by atoms with Crippen molar-refractivity contribution in [1.82, 2.24) is 0 Å². The van der Waals surface area contributed by atoms with Crippen LogP contribution in [0.5, 0.6) is 11.5 Å². The van der Waals surface area contributed by atoms with Crippen LogP contribution in [-0.2, 0) is 17.4 Å². The normalized spacial score (nSPS) is 6.96. The van der Waals surface area contributed by atoms with E-state index in [1.165, 1.54) is 24.3 Å². The van der Waals surface area contributed by atoms with Gasteiger partial charge in [-0.05, 0) is 0 Å². The van der Waals surface area contributed by atoms with Crippen molar-refractivity contribution >= 4 is 12.6 Å². The minimum atomic E-state index is -0.215. The summed E-state index contributed by atoms with van der Waals surface area (Å²) in [6.07, 6.45) is 1.12. The average molecular weight is 401 g/mol. The molecule has 0 aromatic heterocycles. The molecule has 0 amide bonds. The monoisotopic (exact) mass is 400 g/mol. The van der Waals surface area contributed by atoms with Crippen LogP contribution in [0.4, 0.5) is 0 Å². The van der Waals surface area contributed by atoms with Crippen LogP contribution in [0.1, 0.15) is 20.7 Å². The molecule has 126 valence electrons. The predicted octanol–water partition coefficient (Wildman–Crippen LogP) is -6.50. The molecule has 0 heterocycles. The largest absolute Gasteiger partial charge is 4.00 e. The summed E-state index contributed by atoms with van der Waals surface area (Å²) in [4.78, 5) is 20.1. The summed E-state index contributed by atoms with van der Waals surface area (Å²) in [7, 11) is 0. The maximum Gasteiger partial charge on any atom is 4.00 e. The van der Waals surface area contributed by atoms with E-state index in [2.05, 4.69) is 0 Å². The standard InChI is InChI=1S/2C7H6O2.2ClH.Cr.2H2O/c2*8-5-6-3-1-2-4-7(6)9;;;;;/h2*1-5,9H;2*1H;;2*1H2/q;;;;+4;;/p-4. The van der Waals surface area contributed by atoms with Crippen LogP contribution < -0.4 is 35.0 Å². The average Bonchev–Trinajstić information content (AvgIpc) is 2.41. The van der Waals surface area contributed by atoms with Gasteiger partial charge in [-0.1, -0.05) is 60.0 Å². The summed E-state index contributed by atoms with van der Waals surface area (Å²) >= 11 is 0. The second-order valence-corrected chi connectivity index (χ2v) is 3.31. The van der Waals surface area contributed by atoms with Gasteiger partial charge < -0.3 is 46.0 Å². The van der Waals surface area contributed by atoms with Crippen molar-refractivity contribution in [2.75, 3.05) is 0 Å². The molecule has 2 aromatic carbocycles. The Kier molecular flexibility index (Phi) is 26.6. The maximum atomic E-state index is 10.6. The van der Waals surface area contributed by atoms with E-state index in [1.54, 1.807) is 24.3 Å². The fourth-order valence-corrected chi connectivity index (χ4v) is 1.16. The fourth-order valence-electron chi connectivity index (χ4n) is 1.16. The summed E-state index contributed by atoms with van der Waals surface area (Å²) in [6, 6.07) is 12.2. The third-order valence-corrected chi connectivity index (χ3v) is 2.09. The number of para-hydroxylation sites is 2. The molecule has 0 bridgehead atoms. The molecule has 0 unspecified atom stereocenters. The Balaban J connectivity index is -0.0000000771. The number of hydrogen-bond donors (Lipinski definition) is 0. The number of rotatable bonds is 2. The Morgan fingerprint density at radius 3 is 1.09 bits per heavy atom. The molecule has 0 spiro atoms. The first-order valence-electron chi connectivity index (χ1n) is 5.11. The van der Waals surface area contributed by atoms with Crippen LogP contribution in [-0.4, -0.2) is 23.5 Å². The molecule has 6 nitrogen and oxygen atoms in total. The molecule has 0 saturated heterocycles. The summed E-state index contributed by atoms with van der Waals surface area (Å²) in [5, 5.41) is 21.2. The zero-order valence-electron chi connectivity index (χ0n) is 11.6. The van der Waals surface area contributed by atoms with E-state index in [-0.39, 0.29) is 75.8 Å². The zero-order valence-corrected chi connectivity index (χ0v) is 14.4. The molecule has 4 N–H and O–H groups in total. The van der Waals surface area contributed by atoms with Gasteiger partial charge >= 0.3 is 17.4 Å². The molecular formula is C14H14Cl2CrO6. The van der Waals surface area contributed by atoms with Gasteiger partial charge in [0, 0.05) is 11.1 Å². The van der Waals surface area contributed by atoms with Gasteiger partial charge in [0.2, 0.25) is 0 Å². The molecule has 0 radical (unpaired) electrons. The number of carbonyl (C=O) groups excluding carboxylic acids is 2. The van der Waals surface area contributed by atoms with Gasteiger partial charge in [0.15, 0.2) is 0 Å². The Hall–Kier alpha value is -1.59. The number of hydrogen-bond acceptors (Lipinski definition) is 4. The van der Waals surface area contributed by atoms with E-state index >= 15 is 0 Å². The van der Waals surface area contributed by atoms with E-state index in [0.29, 0.717) is 12.6 Å². The Morgan fingerprint density at radius 2 is 0.913 bits per heavy atom. The SMILES string of the molecule is O.O.O=Cc1ccccc1[O-].O=Cc1ccccc1[O-].[Cl-].[Cl-].[Cr+4]. The third kappa shape index (κ3) is 11.6. The van der Waals surface area contributed by atoms with Gasteiger partial charge in [0.1, 0.15) is 12.6 Å². The first-order chi connectivity index (χ1) is 8.69. The van der Waals surface area contributed by atoms with Gasteiger partial charge in [-0.3, -0.25) is 9.59 Å². The summed E-state index contributed by atoms with van der Waals surface area (Å²) in [5.74, 6) is -0.431. The van der Waals surface area contributed by atoms with Gasteiger partial charge in [-0.15, -0.1) is 0 Å². The van der Waals surface area contributed by atoms with E-state index in [4.69, 9.17) is 0 Å². The first-order valence-corrected chi connectivity index (χ1v) is 5.11. The molecular weight excluding hydrogens is 387 g/mol. The minimum Gasteiger partial charge on any atom is -1.00 e. The van der Waals surface area contributed by atoms with Crippen LogP contribution in [0.3, 0.4) is 0 Å². The van der Waals surface area contributed by atoms with Gasteiger partial charge in [0.25, 0.3) is 0 Å². The van der Waals surface area contributed by atoms with Crippen molar-refractivity contribution in [3.05, 3.63) is 59.7 Å².